The Balaban J connectivity index is 1.94. The minimum absolute atomic E-state index is 0.0118. The summed E-state index contributed by atoms with van der Waals surface area (Å²) in [4.78, 5) is 27.1. The Morgan fingerprint density at radius 2 is 1.58 bits per heavy atom. The molecule has 0 saturated heterocycles. The van der Waals surface area contributed by atoms with Crippen molar-refractivity contribution in [3.05, 3.63) is 95.3 Å². The van der Waals surface area contributed by atoms with Gasteiger partial charge >= 0.3 is 0 Å². The molecular weight excluding hydrogens is 324 g/mol. The van der Waals surface area contributed by atoms with Crippen molar-refractivity contribution < 1.29 is 9.59 Å². The highest BCUT2D eigenvalue weighted by molar-refractivity contribution is 6.38. The minimum Gasteiger partial charge on any atom is -0.355 e. The van der Waals surface area contributed by atoms with E-state index in [4.69, 9.17) is 0 Å². The second-order valence-corrected chi connectivity index (χ2v) is 6.18. The second-order valence-electron chi connectivity index (χ2n) is 6.18. The van der Waals surface area contributed by atoms with E-state index in [1.54, 1.807) is 13.2 Å². The maximum absolute atomic E-state index is 13.2. The fourth-order valence-corrected chi connectivity index (χ4v) is 3.39. The van der Waals surface area contributed by atoms with Crippen molar-refractivity contribution in [1.29, 1.82) is 0 Å². The fourth-order valence-electron chi connectivity index (χ4n) is 3.39. The van der Waals surface area contributed by atoms with Gasteiger partial charge < -0.3 is 10.2 Å². The number of nitrogens with one attached hydrogen (secondary N) is 1. The Labute approximate surface area is 152 Å². The predicted octanol–water partition coefficient (Wildman–Crippen LogP) is 3.36. The number of likely N-dealkylation sites (N-methyl/N-ethyl adjacent to an activating group) is 1. The Hall–Kier alpha value is -3.40. The molecule has 4 heteroatoms. The number of ketones is 1. The minimum atomic E-state index is -0.131. The molecule has 0 radical (unpaired) electrons. The van der Waals surface area contributed by atoms with Crippen molar-refractivity contribution in [2.24, 2.45) is 0 Å². The van der Waals surface area contributed by atoms with Crippen LogP contribution in [0.5, 0.6) is 0 Å². The van der Waals surface area contributed by atoms with Crippen LogP contribution in [0.25, 0.3) is 11.3 Å². The van der Waals surface area contributed by atoms with Crippen molar-refractivity contribution in [3.63, 3.8) is 0 Å². The van der Waals surface area contributed by atoms with E-state index >= 15 is 0 Å². The van der Waals surface area contributed by atoms with Crippen LogP contribution < -0.4 is 5.32 Å². The Kier molecular flexibility index (Phi) is 4.01. The SMILES string of the molecule is CNC(=O)C1=CN2C(=CC1)C(=O)C(c1ccccc1)=C2c1ccccc1. The molecule has 0 aromatic heterocycles. The van der Waals surface area contributed by atoms with Crippen molar-refractivity contribution in [1.82, 2.24) is 10.2 Å². The number of fused-ring (bicyclic) bond motifs is 1. The normalized spacial score (nSPS) is 16.2. The number of benzene rings is 2. The van der Waals surface area contributed by atoms with Crippen LogP contribution in [0.3, 0.4) is 0 Å². The van der Waals surface area contributed by atoms with Gasteiger partial charge in [-0.25, -0.2) is 0 Å². The van der Waals surface area contributed by atoms with Gasteiger partial charge in [0.2, 0.25) is 11.7 Å². The summed E-state index contributed by atoms with van der Waals surface area (Å²) in [5.41, 5.74) is 4.54. The molecule has 0 spiro atoms. The second kappa shape index (κ2) is 6.48. The molecule has 2 aliphatic heterocycles. The van der Waals surface area contributed by atoms with Gasteiger partial charge in [0.15, 0.2) is 0 Å². The maximum atomic E-state index is 13.2. The molecule has 2 aromatic rings. The van der Waals surface area contributed by atoms with E-state index in [-0.39, 0.29) is 11.7 Å². The zero-order chi connectivity index (χ0) is 18.1. The molecule has 0 bridgehead atoms. The van der Waals surface area contributed by atoms with Crippen LogP contribution in [-0.4, -0.2) is 23.6 Å². The standard InChI is InChI=1S/C22H18N2O2/c1-23-22(26)17-12-13-18-21(25)19(15-8-4-2-5-9-15)20(24(18)14-17)16-10-6-3-7-11-16/h2-11,13-14H,12H2,1H3,(H,23,26). The van der Waals surface area contributed by atoms with E-state index < -0.39 is 0 Å². The van der Waals surface area contributed by atoms with Crippen LogP contribution >= 0.6 is 0 Å². The summed E-state index contributed by atoms with van der Waals surface area (Å²) >= 11 is 0. The smallest absolute Gasteiger partial charge is 0.248 e. The number of amides is 1. The van der Waals surface area contributed by atoms with E-state index in [1.807, 2.05) is 71.6 Å². The Morgan fingerprint density at radius 3 is 2.19 bits per heavy atom. The Morgan fingerprint density at radius 1 is 0.962 bits per heavy atom. The summed E-state index contributed by atoms with van der Waals surface area (Å²) in [6.07, 6.45) is 4.07. The summed E-state index contributed by atoms with van der Waals surface area (Å²) < 4.78 is 0. The maximum Gasteiger partial charge on any atom is 0.248 e. The van der Waals surface area contributed by atoms with Gasteiger partial charge in [0.05, 0.1) is 17.0 Å². The van der Waals surface area contributed by atoms with Crippen LogP contribution in [0, 0.1) is 0 Å². The average Bonchev–Trinajstić information content (AvgIpc) is 3.00. The summed E-state index contributed by atoms with van der Waals surface area (Å²) in [6.45, 7) is 0. The highest BCUT2D eigenvalue weighted by atomic mass is 16.1. The quantitative estimate of drug-likeness (QED) is 0.930. The molecule has 4 nitrogen and oxygen atoms in total. The van der Waals surface area contributed by atoms with Gasteiger partial charge in [0.1, 0.15) is 0 Å². The molecule has 0 unspecified atom stereocenters. The summed E-state index contributed by atoms with van der Waals surface area (Å²) in [6, 6.07) is 19.5. The number of hydrogen-bond acceptors (Lipinski definition) is 3. The molecule has 0 fully saturated rings. The first-order valence-electron chi connectivity index (χ1n) is 8.52. The lowest BCUT2D eigenvalue weighted by atomic mass is 9.98. The lowest BCUT2D eigenvalue weighted by Crippen LogP contribution is -2.25. The Bertz CT molecular complexity index is 970. The van der Waals surface area contributed by atoms with E-state index in [9.17, 15) is 9.59 Å². The number of carbonyl (C=O) groups is 2. The first kappa shape index (κ1) is 16.1. The lowest BCUT2D eigenvalue weighted by molar-refractivity contribution is -0.117. The van der Waals surface area contributed by atoms with E-state index in [0.717, 1.165) is 16.8 Å². The lowest BCUT2D eigenvalue weighted by Gasteiger charge is -2.24. The first-order chi connectivity index (χ1) is 12.7. The number of carbonyl (C=O) groups excluding carboxylic acids is 2. The summed E-state index contributed by atoms with van der Waals surface area (Å²) in [7, 11) is 1.61. The number of hydrogen-bond donors (Lipinski definition) is 1. The summed E-state index contributed by atoms with van der Waals surface area (Å²) in [5.74, 6) is -0.143. The third kappa shape index (κ3) is 2.56. The number of rotatable bonds is 3. The van der Waals surface area contributed by atoms with Crippen molar-refractivity contribution in [2.45, 2.75) is 6.42 Å². The molecule has 26 heavy (non-hydrogen) atoms. The van der Waals surface area contributed by atoms with Gasteiger partial charge in [0.25, 0.3) is 0 Å². The summed E-state index contributed by atoms with van der Waals surface area (Å²) in [5, 5.41) is 2.66. The third-order valence-electron chi connectivity index (χ3n) is 4.63. The van der Waals surface area contributed by atoms with Gasteiger partial charge in [0, 0.05) is 18.8 Å². The van der Waals surface area contributed by atoms with E-state index in [0.29, 0.717) is 23.3 Å². The first-order valence-corrected chi connectivity index (χ1v) is 8.52. The zero-order valence-electron chi connectivity index (χ0n) is 14.4. The van der Waals surface area contributed by atoms with Crippen LogP contribution in [0.15, 0.2) is 84.2 Å². The number of Topliss-reactive ketones (excluding diaryl/α,β-unsaturated/α-hetero) is 1. The van der Waals surface area contributed by atoms with Crippen LogP contribution in [0.1, 0.15) is 17.5 Å². The molecule has 2 aliphatic rings. The predicted molar refractivity (Wildman–Crippen MR) is 101 cm³/mol. The van der Waals surface area contributed by atoms with E-state index in [1.165, 1.54) is 0 Å². The molecule has 0 aliphatic carbocycles. The number of allylic oxidation sites excluding steroid dienone is 2. The highest BCUT2D eigenvalue weighted by Crippen LogP contribution is 2.43. The fraction of sp³-hybridized carbons (Fsp3) is 0.0909. The highest BCUT2D eigenvalue weighted by Gasteiger charge is 2.37. The molecule has 0 saturated carbocycles. The molecular formula is C22H18N2O2. The monoisotopic (exact) mass is 342 g/mol. The molecule has 2 aromatic carbocycles. The molecule has 2 heterocycles. The van der Waals surface area contributed by atoms with Crippen LogP contribution in [0.4, 0.5) is 0 Å². The average molecular weight is 342 g/mol. The van der Waals surface area contributed by atoms with Gasteiger partial charge in [-0.3, -0.25) is 9.59 Å². The van der Waals surface area contributed by atoms with E-state index in [2.05, 4.69) is 5.32 Å². The number of nitrogens with zero attached hydrogens (tertiary/aromatic N) is 1. The van der Waals surface area contributed by atoms with Gasteiger partial charge in [-0.05, 0) is 17.5 Å². The third-order valence-corrected chi connectivity index (χ3v) is 4.63. The van der Waals surface area contributed by atoms with Gasteiger partial charge in [-0.1, -0.05) is 66.7 Å². The largest absolute Gasteiger partial charge is 0.355 e. The zero-order valence-corrected chi connectivity index (χ0v) is 14.4. The van der Waals surface area contributed by atoms with Crippen molar-refractivity contribution in [3.8, 4) is 0 Å². The molecule has 0 atom stereocenters. The van der Waals surface area contributed by atoms with Crippen molar-refractivity contribution in [2.75, 3.05) is 7.05 Å². The van der Waals surface area contributed by atoms with Gasteiger partial charge in [-0.15, -0.1) is 0 Å². The molecule has 4 rings (SSSR count). The van der Waals surface area contributed by atoms with Crippen LogP contribution in [-0.2, 0) is 9.59 Å². The topological polar surface area (TPSA) is 49.4 Å². The molecule has 1 amide bonds. The molecule has 1 N–H and O–H groups in total. The molecule has 128 valence electrons. The van der Waals surface area contributed by atoms with Crippen molar-refractivity contribution >= 4 is 23.0 Å². The van der Waals surface area contributed by atoms with Crippen LogP contribution in [0.2, 0.25) is 0 Å². The van der Waals surface area contributed by atoms with Gasteiger partial charge in [-0.2, -0.15) is 0 Å².